The summed E-state index contributed by atoms with van der Waals surface area (Å²) in [7, 11) is 1.25. The highest BCUT2D eigenvalue weighted by atomic mass is 16.5. The summed E-state index contributed by atoms with van der Waals surface area (Å²) in [6, 6.07) is 0. The number of hydrogen-bond acceptors (Lipinski definition) is 6. The molecular formula is C16H17NO5. The second-order valence-electron chi connectivity index (χ2n) is 4.99. The Bertz CT molecular complexity index is 740. The number of nitrogens with two attached hydrogens (primary N) is 1. The molecule has 0 bridgehead atoms. The Morgan fingerprint density at radius 2 is 1.91 bits per heavy atom. The minimum atomic E-state index is -0.656. The fraction of sp³-hybridized carbons (Fsp3) is 0.250. The van der Waals surface area contributed by atoms with E-state index in [1.54, 1.807) is 13.8 Å². The molecule has 0 unspecified atom stereocenters. The van der Waals surface area contributed by atoms with Crippen molar-refractivity contribution in [3.63, 3.8) is 0 Å². The molecule has 1 aromatic rings. The zero-order valence-corrected chi connectivity index (χ0v) is 12.6. The first kappa shape index (κ1) is 15.6. The molecule has 0 radical (unpaired) electrons. The molecule has 4 N–H and O–H groups in total. The van der Waals surface area contributed by atoms with Crippen molar-refractivity contribution in [3.05, 3.63) is 39.8 Å². The van der Waals surface area contributed by atoms with Crippen molar-refractivity contribution in [2.24, 2.45) is 5.73 Å². The standard InChI is InChI=1S/C16H17NO5/c1-4-8-9(5-7(2)17)15(20)13-12(14(8)19)10(18)6-11(22-3)16(13)21/h5-6,19-20H,4,17H2,1-3H3/b7-5-. The predicted octanol–water partition coefficient (Wildman–Crippen LogP) is 1.89. The van der Waals surface area contributed by atoms with Crippen LogP contribution in [0.1, 0.15) is 45.7 Å². The second kappa shape index (κ2) is 5.55. The number of methoxy groups -OCH3 is 1. The zero-order chi connectivity index (χ0) is 16.6. The van der Waals surface area contributed by atoms with E-state index >= 15 is 0 Å². The van der Waals surface area contributed by atoms with E-state index in [0.29, 0.717) is 17.7 Å². The van der Waals surface area contributed by atoms with E-state index < -0.39 is 11.6 Å². The van der Waals surface area contributed by atoms with Gasteiger partial charge in [0.05, 0.1) is 18.2 Å². The topological polar surface area (TPSA) is 110 Å². The SMILES string of the molecule is CCc1c(O)c2c(c(O)c1/C=C(/C)N)C(=O)C(OC)=CC2=O. The summed E-state index contributed by atoms with van der Waals surface area (Å²) in [5.74, 6) is -2.12. The van der Waals surface area contributed by atoms with Crippen molar-refractivity contribution in [1.29, 1.82) is 0 Å². The molecule has 1 aliphatic rings. The van der Waals surface area contributed by atoms with Gasteiger partial charge >= 0.3 is 0 Å². The lowest BCUT2D eigenvalue weighted by Gasteiger charge is -2.21. The number of phenolic OH excluding ortho intramolecular Hbond substituents is 2. The monoisotopic (exact) mass is 303 g/mol. The fourth-order valence-electron chi connectivity index (χ4n) is 2.53. The fourth-order valence-corrected chi connectivity index (χ4v) is 2.53. The molecule has 2 rings (SSSR count). The molecule has 1 aromatic carbocycles. The van der Waals surface area contributed by atoms with Gasteiger partial charge in [0.25, 0.3) is 0 Å². The third-order valence-electron chi connectivity index (χ3n) is 3.49. The molecule has 0 aromatic heterocycles. The van der Waals surface area contributed by atoms with E-state index in [0.717, 1.165) is 6.08 Å². The highest BCUT2D eigenvalue weighted by Gasteiger charge is 2.35. The van der Waals surface area contributed by atoms with E-state index in [2.05, 4.69) is 0 Å². The van der Waals surface area contributed by atoms with Crippen molar-refractivity contribution in [1.82, 2.24) is 0 Å². The maximum Gasteiger partial charge on any atom is 0.232 e. The number of allylic oxidation sites excluding steroid dienone is 3. The number of carbonyl (C=O) groups excluding carboxylic acids is 2. The number of ketones is 2. The van der Waals surface area contributed by atoms with Crippen LogP contribution < -0.4 is 5.73 Å². The largest absolute Gasteiger partial charge is 0.507 e. The van der Waals surface area contributed by atoms with Gasteiger partial charge in [-0.3, -0.25) is 9.59 Å². The number of aromatic hydroxyl groups is 2. The highest BCUT2D eigenvalue weighted by molar-refractivity contribution is 6.26. The summed E-state index contributed by atoms with van der Waals surface area (Å²) in [6.45, 7) is 3.37. The molecule has 0 heterocycles. The number of fused-ring (bicyclic) bond motifs is 1. The Hall–Kier alpha value is -2.76. The van der Waals surface area contributed by atoms with Crippen molar-refractivity contribution in [3.8, 4) is 11.5 Å². The Labute approximate surface area is 127 Å². The van der Waals surface area contributed by atoms with Crippen molar-refractivity contribution in [2.75, 3.05) is 7.11 Å². The van der Waals surface area contributed by atoms with Gasteiger partial charge in [-0.1, -0.05) is 6.92 Å². The quantitative estimate of drug-likeness (QED) is 0.735. The van der Waals surface area contributed by atoms with E-state index in [-0.39, 0.29) is 33.9 Å². The van der Waals surface area contributed by atoms with E-state index in [9.17, 15) is 19.8 Å². The zero-order valence-electron chi connectivity index (χ0n) is 12.6. The van der Waals surface area contributed by atoms with Gasteiger partial charge in [0.15, 0.2) is 11.5 Å². The van der Waals surface area contributed by atoms with Gasteiger partial charge < -0.3 is 20.7 Å². The second-order valence-corrected chi connectivity index (χ2v) is 4.99. The molecule has 6 heteroatoms. The summed E-state index contributed by atoms with van der Waals surface area (Å²) in [5, 5.41) is 20.8. The summed E-state index contributed by atoms with van der Waals surface area (Å²) in [4.78, 5) is 24.5. The number of benzene rings is 1. The van der Waals surface area contributed by atoms with Gasteiger partial charge in [-0.2, -0.15) is 0 Å². The normalized spacial score (nSPS) is 14.7. The summed E-state index contributed by atoms with van der Waals surface area (Å²) >= 11 is 0. The lowest BCUT2D eigenvalue weighted by molar-refractivity contribution is 0.0911. The van der Waals surface area contributed by atoms with Gasteiger partial charge in [0.2, 0.25) is 5.78 Å². The van der Waals surface area contributed by atoms with Crippen molar-refractivity contribution in [2.45, 2.75) is 20.3 Å². The molecule has 6 nitrogen and oxygen atoms in total. The number of ether oxygens (including phenoxy) is 1. The molecule has 0 aliphatic heterocycles. The average molecular weight is 303 g/mol. The maximum absolute atomic E-state index is 12.3. The van der Waals surface area contributed by atoms with Crippen LogP contribution in [-0.2, 0) is 11.2 Å². The van der Waals surface area contributed by atoms with Crippen LogP contribution in [0.4, 0.5) is 0 Å². The third-order valence-corrected chi connectivity index (χ3v) is 3.49. The Kier molecular flexibility index (Phi) is 3.95. The van der Waals surface area contributed by atoms with E-state index in [1.165, 1.54) is 13.2 Å². The van der Waals surface area contributed by atoms with Gasteiger partial charge in [-0.25, -0.2) is 0 Å². The highest BCUT2D eigenvalue weighted by Crippen LogP contribution is 2.42. The van der Waals surface area contributed by atoms with E-state index in [1.807, 2.05) is 0 Å². The molecule has 0 saturated carbocycles. The molecule has 22 heavy (non-hydrogen) atoms. The van der Waals surface area contributed by atoms with Gasteiger partial charge in [0, 0.05) is 22.9 Å². The van der Waals surface area contributed by atoms with Crippen LogP contribution in [0.25, 0.3) is 6.08 Å². The number of hydrogen-bond donors (Lipinski definition) is 3. The predicted molar refractivity (Wildman–Crippen MR) is 80.7 cm³/mol. The minimum absolute atomic E-state index is 0.184. The van der Waals surface area contributed by atoms with Crippen molar-refractivity contribution < 1.29 is 24.5 Å². The van der Waals surface area contributed by atoms with Crippen LogP contribution in [0, 0.1) is 0 Å². The third kappa shape index (κ3) is 2.22. The molecule has 0 saturated heterocycles. The minimum Gasteiger partial charge on any atom is -0.507 e. The molecular weight excluding hydrogens is 286 g/mol. The van der Waals surface area contributed by atoms with Gasteiger partial charge in [-0.05, 0) is 19.4 Å². The maximum atomic E-state index is 12.3. The first-order valence-electron chi connectivity index (χ1n) is 6.72. The summed E-state index contributed by atoms with van der Waals surface area (Å²) in [5.41, 5.74) is 6.16. The number of carbonyl (C=O) groups is 2. The smallest absolute Gasteiger partial charge is 0.232 e. The Morgan fingerprint density at radius 3 is 2.41 bits per heavy atom. The lowest BCUT2D eigenvalue weighted by atomic mass is 9.86. The van der Waals surface area contributed by atoms with Gasteiger partial charge in [0.1, 0.15) is 11.5 Å². The molecule has 0 amide bonds. The molecule has 1 aliphatic carbocycles. The van der Waals surface area contributed by atoms with Crippen LogP contribution in [0.3, 0.4) is 0 Å². The van der Waals surface area contributed by atoms with Crippen LogP contribution in [0.5, 0.6) is 11.5 Å². The Balaban J connectivity index is 2.90. The molecule has 0 atom stereocenters. The molecule has 0 fully saturated rings. The van der Waals surface area contributed by atoms with Crippen molar-refractivity contribution >= 4 is 17.6 Å². The number of rotatable bonds is 3. The van der Waals surface area contributed by atoms with Crippen LogP contribution in [-0.4, -0.2) is 28.9 Å². The molecule has 116 valence electrons. The van der Waals surface area contributed by atoms with Crippen LogP contribution in [0.2, 0.25) is 0 Å². The van der Waals surface area contributed by atoms with Gasteiger partial charge in [-0.15, -0.1) is 0 Å². The van der Waals surface area contributed by atoms with Crippen LogP contribution >= 0.6 is 0 Å². The van der Waals surface area contributed by atoms with Crippen LogP contribution in [0.15, 0.2) is 17.5 Å². The number of phenols is 2. The average Bonchev–Trinajstić information content (AvgIpc) is 2.46. The Morgan fingerprint density at radius 1 is 1.27 bits per heavy atom. The lowest BCUT2D eigenvalue weighted by Crippen LogP contribution is -2.19. The molecule has 0 spiro atoms. The first-order valence-corrected chi connectivity index (χ1v) is 6.72. The summed E-state index contributed by atoms with van der Waals surface area (Å²) < 4.78 is 4.86. The summed E-state index contributed by atoms with van der Waals surface area (Å²) in [6.07, 6.45) is 2.82. The first-order chi connectivity index (χ1) is 10.3. The number of Topliss-reactive ketones (excluding diaryl/α,β-unsaturated/α-hetero) is 1. The van der Waals surface area contributed by atoms with E-state index in [4.69, 9.17) is 10.5 Å².